The highest BCUT2D eigenvalue weighted by molar-refractivity contribution is 7.99. The Balaban J connectivity index is 1.56. The zero-order valence-corrected chi connectivity index (χ0v) is 15.3. The molecule has 1 aromatic carbocycles. The largest absolute Gasteiger partial charge is 0.379 e. The molecule has 0 aliphatic carbocycles. The minimum atomic E-state index is -0.398. The summed E-state index contributed by atoms with van der Waals surface area (Å²) in [5.41, 5.74) is 0.629. The van der Waals surface area contributed by atoms with E-state index in [1.165, 1.54) is 0 Å². The molecule has 6 nitrogen and oxygen atoms in total. The number of rotatable bonds is 5. The molecular formula is C18H25N3O3S. The van der Waals surface area contributed by atoms with Crippen molar-refractivity contribution in [2.24, 2.45) is 0 Å². The van der Waals surface area contributed by atoms with Gasteiger partial charge in [-0.1, -0.05) is 18.2 Å². The maximum absolute atomic E-state index is 12.7. The third-order valence-corrected chi connectivity index (χ3v) is 5.50. The van der Waals surface area contributed by atoms with Gasteiger partial charge in [0.2, 0.25) is 5.91 Å². The lowest BCUT2D eigenvalue weighted by Crippen LogP contribution is -2.52. The van der Waals surface area contributed by atoms with Crippen LogP contribution in [0, 0.1) is 0 Å². The highest BCUT2D eigenvalue weighted by atomic mass is 32.2. The van der Waals surface area contributed by atoms with E-state index in [2.05, 4.69) is 10.2 Å². The minimum Gasteiger partial charge on any atom is -0.379 e. The summed E-state index contributed by atoms with van der Waals surface area (Å²) in [5, 5.41) is 3.08. The average Bonchev–Trinajstić information content (AvgIpc) is 3.12. The highest BCUT2D eigenvalue weighted by Gasteiger charge is 2.35. The molecule has 0 unspecified atom stereocenters. The predicted octanol–water partition coefficient (Wildman–Crippen LogP) is 1.04. The molecule has 2 saturated heterocycles. The number of ether oxygens (including phenoxy) is 1. The Morgan fingerprint density at radius 2 is 2.00 bits per heavy atom. The molecule has 0 saturated carbocycles. The highest BCUT2D eigenvalue weighted by Crippen LogP contribution is 2.23. The number of carbonyl (C=O) groups excluding carboxylic acids is 2. The molecule has 2 atom stereocenters. The number of morpholine rings is 1. The first-order chi connectivity index (χ1) is 12.1. The number of benzene rings is 1. The first kappa shape index (κ1) is 18.2. The van der Waals surface area contributed by atoms with Crippen LogP contribution in [0.3, 0.4) is 0 Å². The maximum Gasteiger partial charge on any atom is 0.255 e. The van der Waals surface area contributed by atoms with Gasteiger partial charge < -0.3 is 15.0 Å². The Morgan fingerprint density at radius 1 is 1.28 bits per heavy atom. The maximum atomic E-state index is 12.7. The molecule has 2 heterocycles. The molecule has 0 spiro atoms. The van der Waals surface area contributed by atoms with Crippen molar-refractivity contribution in [1.29, 1.82) is 0 Å². The lowest BCUT2D eigenvalue weighted by atomic mass is 10.1. The van der Waals surface area contributed by atoms with Crippen LogP contribution in [0.1, 0.15) is 17.3 Å². The summed E-state index contributed by atoms with van der Waals surface area (Å²) in [4.78, 5) is 29.3. The third-order valence-electron chi connectivity index (χ3n) is 4.49. The molecule has 136 valence electrons. The second-order valence-electron chi connectivity index (χ2n) is 6.48. The number of thioether (sulfide) groups is 1. The zero-order valence-electron chi connectivity index (χ0n) is 14.5. The monoisotopic (exact) mass is 363 g/mol. The Bertz CT molecular complexity index is 592. The first-order valence-corrected chi connectivity index (χ1v) is 9.85. The number of nitrogens with zero attached hydrogens (tertiary/aromatic N) is 2. The molecule has 0 aromatic heterocycles. The van der Waals surface area contributed by atoms with Crippen LogP contribution in [-0.4, -0.2) is 78.2 Å². The van der Waals surface area contributed by atoms with Crippen LogP contribution < -0.4 is 5.32 Å². The molecule has 0 bridgehead atoms. The van der Waals surface area contributed by atoms with Crippen LogP contribution >= 0.6 is 11.8 Å². The predicted molar refractivity (Wildman–Crippen MR) is 98.6 cm³/mol. The van der Waals surface area contributed by atoms with Crippen LogP contribution in [-0.2, 0) is 9.53 Å². The zero-order chi connectivity index (χ0) is 17.6. The number of carbonyl (C=O) groups is 2. The molecule has 2 aliphatic rings. The van der Waals surface area contributed by atoms with E-state index >= 15 is 0 Å². The Kier molecular flexibility index (Phi) is 6.34. The van der Waals surface area contributed by atoms with Crippen molar-refractivity contribution in [3.05, 3.63) is 35.9 Å². The van der Waals surface area contributed by atoms with Gasteiger partial charge in [-0.15, -0.1) is 11.8 Å². The normalized spacial score (nSPS) is 22.6. The minimum absolute atomic E-state index is 0.0462. The van der Waals surface area contributed by atoms with Gasteiger partial charge in [0.1, 0.15) is 6.04 Å². The van der Waals surface area contributed by atoms with Gasteiger partial charge in [0.25, 0.3) is 5.91 Å². The molecular weight excluding hydrogens is 338 g/mol. The number of hydrogen-bond acceptors (Lipinski definition) is 5. The van der Waals surface area contributed by atoms with Gasteiger partial charge in [-0.3, -0.25) is 14.5 Å². The number of hydrogen-bond donors (Lipinski definition) is 1. The summed E-state index contributed by atoms with van der Waals surface area (Å²) < 4.78 is 5.35. The fraction of sp³-hybridized carbons (Fsp3) is 0.556. The topological polar surface area (TPSA) is 61.9 Å². The van der Waals surface area contributed by atoms with E-state index in [4.69, 9.17) is 4.74 Å². The fourth-order valence-electron chi connectivity index (χ4n) is 3.16. The molecule has 7 heteroatoms. The van der Waals surface area contributed by atoms with Crippen LogP contribution in [0.2, 0.25) is 0 Å². The summed E-state index contributed by atoms with van der Waals surface area (Å²) >= 11 is 1.62. The molecule has 25 heavy (non-hydrogen) atoms. The van der Waals surface area contributed by atoms with Gasteiger partial charge in [0.15, 0.2) is 0 Å². The van der Waals surface area contributed by atoms with E-state index < -0.39 is 6.04 Å². The van der Waals surface area contributed by atoms with Crippen molar-refractivity contribution in [2.45, 2.75) is 19.0 Å². The molecule has 1 N–H and O–H groups in total. The van der Waals surface area contributed by atoms with E-state index in [9.17, 15) is 9.59 Å². The van der Waals surface area contributed by atoms with Crippen LogP contribution in [0.25, 0.3) is 0 Å². The van der Waals surface area contributed by atoms with Crippen LogP contribution in [0.15, 0.2) is 30.3 Å². The van der Waals surface area contributed by atoms with Crippen molar-refractivity contribution in [2.75, 3.05) is 44.5 Å². The summed E-state index contributed by atoms with van der Waals surface area (Å²) in [5.74, 6) is 1.07. The van der Waals surface area contributed by atoms with Gasteiger partial charge in [0.05, 0.1) is 19.1 Å². The van der Waals surface area contributed by atoms with Crippen molar-refractivity contribution in [1.82, 2.24) is 15.1 Å². The second kappa shape index (κ2) is 8.69. The van der Waals surface area contributed by atoms with Gasteiger partial charge in [-0.2, -0.15) is 0 Å². The summed E-state index contributed by atoms with van der Waals surface area (Å²) in [7, 11) is 0. The SMILES string of the molecule is C[C@H](CN1CCOCC1)NC(=O)[C@@H]1CSCN1C(=O)c1ccccc1. The molecule has 1 aromatic rings. The van der Waals surface area contributed by atoms with Crippen molar-refractivity contribution in [3.63, 3.8) is 0 Å². The van der Waals surface area contributed by atoms with Crippen molar-refractivity contribution >= 4 is 23.6 Å². The van der Waals surface area contributed by atoms with E-state index in [1.54, 1.807) is 28.8 Å². The van der Waals surface area contributed by atoms with Gasteiger partial charge in [-0.25, -0.2) is 0 Å². The Morgan fingerprint density at radius 3 is 2.72 bits per heavy atom. The van der Waals surface area contributed by atoms with Crippen molar-refractivity contribution in [3.8, 4) is 0 Å². The van der Waals surface area contributed by atoms with Crippen LogP contribution in [0.4, 0.5) is 0 Å². The summed E-state index contributed by atoms with van der Waals surface area (Å²) in [6.07, 6.45) is 0. The standard InChI is InChI=1S/C18H25N3O3S/c1-14(11-20-7-9-24-10-8-20)19-17(22)16-12-25-13-21(16)18(23)15-5-3-2-4-6-15/h2-6,14,16H,7-13H2,1H3,(H,19,22)/t14-,16+/m1/s1. The second-order valence-corrected chi connectivity index (χ2v) is 7.48. The number of nitrogens with one attached hydrogen (secondary N) is 1. The van der Waals surface area contributed by atoms with Gasteiger partial charge in [-0.05, 0) is 19.1 Å². The lowest BCUT2D eigenvalue weighted by molar-refractivity contribution is -0.125. The average molecular weight is 363 g/mol. The fourth-order valence-corrected chi connectivity index (χ4v) is 4.32. The molecule has 2 aliphatic heterocycles. The van der Waals surface area contributed by atoms with E-state index in [1.807, 2.05) is 25.1 Å². The Labute approximate surface area is 152 Å². The molecule has 0 radical (unpaired) electrons. The summed E-state index contributed by atoms with van der Waals surface area (Å²) in [6, 6.07) is 8.80. The molecule has 2 amide bonds. The van der Waals surface area contributed by atoms with Crippen molar-refractivity contribution < 1.29 is 14.3 Å². The van der Waals surface area contributed by atoms with E-state index in [0.29, 0.717) is 17.2 Å². The third kappa shape index (κ3) is 4.74. The number of amides is 2. The summed E-state index contributed by atoms with van der Waals surface area (Å²) in [6.45, 7) is 6.12. The van der Waals surface area contributed by atoms with Gasteiger partial charge >= 0.3 is 0 Å². The van der Waals surface area contributed by atoms with E-state index in [-0.39, 0.29) is 17.9 Å². The Hall–Kier alpha value is -1.57. The lowest BCUT2D eigenvalue weighted by Gasteiger charge is -2.30. The quantitative estimate of drug-likeness (QED) is 0.847. The van der Waals surface area contributed by atoms with Crippen LogP contribution in [0.5, 0.6) is 0 Å². The molecule has 3 rings (SSSR count). The van der Waals surface area contributed by atoms with Gasteiger partial charge in [0, 0.05) is 37.0 Å². The van der Waals surface area contributed by atoms with E-state index in [0.717, 1.165) is 32.8 Å². The first-order valence-electron chi connectivity index (χ1n) is 8.69. The molecule has 2 fully saturated rings. The smallest absolute Gasteiger partial charge is 0.255 e.